The second kappa shape index (κ2) is 5.93. The first-order valence-corrected chi connectivity index (χ1v) is 7.36. The predicted octanol–water partition coefficient (Wildman–Crippen LogP) is 3.14. The standard InChI is InChI=1S/C17H18FNO3/c1-3-21-16(20)7-6-14-12-10-19(2)9-8-11-13(18)4-5-15(22-14)17(11)12/h4-7H,3,8-10H2,1-2H3/b7-6+. The van der Waals surface area contributed by atoms with Crippen molar-refractivity contribution < 1.29 is 18.3 Å². The molecule has 0 aliphatic carbocycles. The monoisotopic (exact) mass is 303 g/mol. The maximum atomic E-state index is 14.1. The average molecular weight is 303 g/mol. The molecule has 0 radical (unpaired) electrons. The topological polar surface area (TPSA) is 42.7 Å². The third-order valence-electron chi connectivity index (χ3n) is 3.87. The molecule has 1 aliphatic rings. The van der Waals surface area contributed by atoms with Crippen molar-refractivity contribution >= 4 is 23.0 Å². The number of carbonyl (C=O) groups excluding carboxylic acids is 1. The lowest BCUT2D eigenvalue weighted by Gasteiger charge is -2.12. The zero-order chi connectivity index (χ0) is 15.7. The Morgan fingerprint density at radius 1 is 1.45 bits per heavy atom. The van der Waals surface area contributed by atoms with Gasteiger partial charge in [-0.3, -0.25) is 0 Å². The van der Waals surface area contributed by atoms with Crippen molar-refractivity contribution in [3.05, 3.63) is 40.9 Å². The second-order valence-electron chi connectivity index (χ2n) is 5.42. The van der Waals surface area contributed by atoms with Gasteiger partial charge in [-0.15, -0.1) is 0 Å². The van der Waals surface area contributed by atoms with Crippen molar-refractivity contribution in [2.24, 2.45) is 0 Å². The molecule has 0 saturated carbocycles. The fourth-order valence-electron chi connectivity index (χ4n) is 2.84. The molecule has 116 valence electrons. The molecule has 4 nitrogen and oxygen atoms in total. The van der Waals surface area contributed by atoms with Gasteiger partial charge >= 0.3 is 5.97 Å². The van der Waals surface area contributed by atoms with E-state index in [1.807, 2.05) is 7.05 Å². The van der Waals surface area contributed by atoms with Gasteiger partial charge in [-0.2, -0.15) is 0 Å². The van der Waals surface area contributed by atoms with Crippen LogP contribution >= 0.6 is 0 Å². The Hall–Kier alpha value is -2.14. The fraction of sp³-hybridized carbons (Fsp3) is 0.353. The van der Waals surface area contributed by atoms with Gasteiger partial charge in [-0.05, 0) is 38.6 Å². The number of likely N-dealkylation sites (N-methyl/N-ethyl adjacent to an activating group) is 1. The Kier molecular flexibility index (Phi) is 3.98. The van der Waals surface area contributed by atoms with Crippen LogP contribution in [0, 0.1) is 5.82 Å². The van der Waals surface area contributed by atoms with Crippen LogP contribution in [0.25, 0.3) is 17.0 Å². The van der Waals surface area contributed by atoms with Crippen LogP contribution in [0.15, 0.2) is 22.6 Å². The number of carbonyl (C=O) groups is 1. The van der Waals surface area contributed by atoms with E-state index in [1.54, 1.807) is 19.1 Å². The number of rotatable bonds is 3. The molecule has 0 spiro atoms. The van der Waals surface area contributed by atoms with Crippen LogP contribution < -0.4 is 0 Å². The zero-order valence-corrected chi connectivity index (χ0v) is 12.7. The molecule has 0 bridgehead atoms. The van der Waals surface area contributed by atoms with Gasteiger partial charge in [0.2, 0.25) is 0 Å². The second-order valence-corrected chi connectivity index (χ2v) is 5.42. The van der Waals surface area contributed by atoms with Gasteiger partial charge < -0.3 is 14.1 Å². The van der Waals surface area contributed by atoms with Crippen LogP contribution in [0.5, 0.6) is 0 Å². The molecule has 1 aromatic heterocycles. The molecule has 0 atom stereocenters. The number of ether oxygens (including phenoxy) is 1. The van der Waals surface area contributed by atoms with Gasteiger partial charge in [-0.25, -0.2) is 9.18 Å². The molecule has 3 rings (SSSR count). The van der Waals surface area contributed by atoms with Crippen LogP contribution in [0.1, 0.15) is 23.8 Å². The molecular weight excluding hydrogens is 285 g/mol. The summed E-state index contributed by atoms with van der Waals surface area (Å²) in [6, 6.07) is 3.08. The van der Waals surface area contributed by atoms with E-state index in [2.05, 4.69) is 4.90 Å². The summed E-state index contributed by atoms with van der Waals surface area (Å²) in [5.74, 6) is -0.0297. The molecule has 2 heterocycles. The van der Waals surface area contributed by atoms with Crippen LogP contribution in [-0.4, -0.2) is 31.1 Å². The van der Waals surface area contributed by atoms with Crippen molar-refractivity contribution in [3.8, 4) is 0 Å². The first-order chi connectivity index (χ1) is 10.6. The number of benzene rings is 1. The minimum absolute atomic E-state index is 0.203. The first-order valence-electron chi connectivity index (χ1n) is 7.36. The molecule has 0 fully saturated rings. The van der Waals surface area contributed by atoms with Crippen molar-refractivity contribution in [3.63, 3.8) is 0 Å². The Labute approximate surface area is 128 Å². The normalized spacial score (nSPS) is 15.4. The number of nitrogens with zero attached hydrogens (tertiary/aromatic N) is 1. The smallest absolute Gasteiger partial charge is 0.330 e. The van der Waals surface area contributed by atoms with E-state index in [-0.39, 0.29) is 5.82 Å². The van der Waals surface area contributed by atoms with Crippen molar-refractivity contribution in [2.75, 3.05) is 20.2 Å². The van der Waals surface area contributed by atoms with Gasteiger partial charge in [0.1, 0.15) is 17.2 Å². The summed E-state index contributed by atoms with van der Waals surface area (Å²) < 4.78 is 24.8. The maximum absolute atomic E-state index is 14.1. The highest BCUT2D eigenvalue weighted by molar-refractivity contribution is 5.91. The molecule has 2 aromatic rings. The first kappa shape index (κ1) is 14.8. The summed E-state index contributed by atoms with van der Waals surface area (Å²) in [7, 11) is 1.99. The van der Waals surface area contributed by atoms with Crippen LogP contribution in [0.4, 0.5) is 4.39 Å². The fourth-order valence-corrected chi connectivity index (χ4v) is 2.84. The summed E-state index contributed by atoms with van der Waals surface area (Å²) in [6.07, 6.45) is 3.60. The third-order valence-corrected chi connectivity index (χ3v) is 3.87. The zero-order valence-electron chi connectivity index (χ0n) is 12.7. The van der Waals surface area contributed by atoms with Crippen LogP contribution in [0.3, 0.4) is 0 Å². The molecule has 0 N–H and O–H groups in total. The molecule has 0 saturated heterocycles. The molecule has 0 unspecified atom stereocenters. The van der Waals surface area contributed by atoms with E-state index in [4.69, 9.17) is 9.15 Å². The Bertz CT molecular complexity index is 748. The molecule has 1 aromatic carbocycles. The van der Waals surface area contributed by atoms with Gasteiger partial charge in [-0.1, -0.05) is 0 Å². The summed E-state index contributed by atoms with van der Waals surface area (Å²) >= 11 is 0. The molecular formula is C17H18FNO3. The minimum Gasteiger partial charge on any atom is -0.463 e. The summed E-state index contributed by atoms with van der Waals surface area (Å²) in [6.45, 7) is 3.52. The van der Waals surface area contributed by atoms with Gasteiger partial charge in [0.05, 0.1) is 6.61 Å². The highest BCUT2D eigenvalue weighted by Gasteiger charge is 2.22. The lowest BCUT2D eigenvalue weighted by Crippen LogP contribution is -2.18. The van der Waals surface area contributed by atoms with Gasteiger partial charge in [0.15, 0.2) is 0 Å². The highest BCUT2D eigenvalue weighted by Crippen LogP contribution is 2.34. The highest BCUT2D eigenvalue weighted by atomic mass is 19.1. The Morgan fingerprint density at radius 2 is 2.27 bits per heavy atom. The number of furan rings is 1. The van der Waals surface area contributed by atoms with E-state index in [9.17, 15) is 9.18 Å². The summed E-state index contributed by atoms with van der Waals surface area (Å²) in [5, 5.41) is 0.841. The minimum atomic E-state index is -0.413. The van der Waals surface area contributed by atoms with Gasteiger partial charge in [0.25, 0.3) is 0 Å². The van der Waals surface area contributed by atoms with E-state index < -0.39 is 5.97 Å². The molecule has 22 heavy (non-hydrogen) atoms. The van der Waals surface area contributed by atoms with E-state index in [0.717, 1.165) is 17.5 Å². The van der Waals surface area contributed by atoms with Crippen molar-refractivity contribution in [2.45, 2.75) is 19.9 Å². The molecule has 1 aliphatic heterocycles. The number of esters is 1. The van der Waals surface area contributed by atoms with Crippen molar-refractivity contribution in [1.82, 2.24) is 4.90 Å². The van der Waals surface area contributed by atoms with Gasteiger partial charge in [0, 0.05) is 35.7 Å². The Balaban J connectivity index is 2.10. The molecule has 5 heteroatoms. The molecule has 0 amide bonds. The quantitative estimate of drug-likeness (QED) is 0.645. The van der Waals surface area contributed by atoms with Crippen LogP contribution in [0.2, 0.25) is 0 Å². The number of hydrogen-bond donors (Lipinski definition) is 0. The SMILES string of the molecule is CCOC(=O)/C=C/c1oc2ccc(F)c3c2c1CN(C)CC3. The average Bonchev–Trinajstić information content (AvgIpc) is 2.71. The lowest BCUT2D eigenvalue weighted by molar-refractivity contribution is -0.137. The van der Waals surface area contributed by atoms with Crippen LogP contribution in [-0.2, 0) is 22.5 Å². The maximum Gasteiger partial charge on any atom is 0.330 e. The van der Waals surface area contributed by atoms with Crippen molar-refractivity contribution in [1.29, 1.82) is 0 Å². The predicted molar refractivity (Wildman–Crippen MR) is 81.9 cm³/mol. The number of hydrogen-bond acceptors (Lipinski definition) is 4. The van der Waals surface area contributed by atoms with E-state index >= 15 is 0 Å². The Morgan fingerprint density at radius 3 is 3.05 bits per heavy atom. The lowest BCUT2D eigenvalue weighted by atomic mass is 10.0. The van der Waals surface area contributed by atoms with E-state index in [0.29, 0.717) is 36.5 Å². The largest absolute Gasteiger partial charge is 0.463 e. The summed E-state index contributed by atoms with van der Waals surface area (Å²) in [4.78, 5) is 13.6. The number of halogens is 1. The van der Waals surface area contributed by atoms with E-state index in [1.165, 1.54) is 12.1 Å². The third kappa shape index (κ3) is 2.64. The summed E-state index contributed by atoms with van der Waals surface area (Å²) in [5.41, 5.74) is 2.27.